The minimum atomic E-state index is -0.431. The summed E-state index contributed by atoms with van der Waals surface area (Å²) < 4.78 is 1.16. The molecule has 0 radical (unpaired) electrons. The van der Waals surface area contributed by atoms with E-state index in [0.717, 1.165) is 20.9 Å². The maximum atomic E-state index is 13.7. The van der Waals surface area contributed by atoms with E-state index in [0.29, 0.717) is 74.9 Å². The van der Waals surface area contributed by atoms with Crippen molar-refractivity contribution >= 4 is 127 Å². The SMILES string of the molecule is CC(C)(C)C1=CC(=C(/N=N/c2cc(Cl)c(-c3cc(Cl)c(/N=N/C(=C4C=C(C(C)(C)C)C(=O)C(C(C)(C)C)=C4)c4ccc(Cl)s4)cc3Cl)cc2Cl)c2ccc(Cl)s2)C=C(C(C)(C)C)C1=O. The van der Waals surface area contributed by atoms with Gasteiger partial charge in [0.15, 0.2) is 11.6 Å². The molecule has 0 fully saturated rings. The Labute approximate surface area is 414 Å². The summed E-state index contributed by atoms with van der Waals surface area (Å²) in [6, 6.07) is 13.9. The van der Waals surface area contributed by atoms with E-state index >= 15 is 0 Å². The van der Waals surface area contributed by atoms with Crippen LogP contribution in [0.25, 0.3) is 22.5 Å². The molecule has 334 valence electrons. The van der Waals surface area contributed by atoms with Crippen LogP contribution in [0, 0.1) is 21.7 Å². The molecule has 2 aliphatic rings. The van der Waals surface area contributed by atoms with Gasteiger partial charge in [-0.2, -0.15) is 0 Å². The van der Waals surface area contributed by atoms with Crippen molar-refractivity contribution in [3.8, 4) is 11.1 Å². The number of thiophene rings is 2. The average molecular weight is 1010 g/mol. The highest BCUT2D eigenvalue weighted by Crippen LogP contribution is 2.47. The number of carbonyl (C=O) groups is 2. The van der Waals surface area contributed by atoms with Gasteiger partial charge in [0.1, 0.15) is 22.8 Å². The van der Waals surface area contributed by atoms with E-state index < -0.39 is 21.7 Å². The Morgan fingerprint density at radius 1 is 0.438 bits per heavy atom. The van der Waals surface area contributed by atoms with Gasteiger partial charge in [-0.25, -0.2) is 0 Å². The highest BCUT2D eigenvalue weighted by atomic mass is 35.5. The number of Topliss-reactive ketones (excluding diaryl/α,β-unsaturated/α-hetero) is 2. The Balaban J connectivity index is 1.41. The number of nitrogens with zero attached hydrogens (tertiary/aromatic N) is 4. The fourth-order valence-electron chi connectivity index (χ4n) is 6.99. The van der Waals surface area contributed by atoms with Gasteiger partial charge in [-0.05, 0) is 94.5 Å². The second-order valence-electron chi connectivity index (χ2n) is 19.7. The van der Waals surface area contributed by atoms with E-state index in [4.69, 9.17) is 79.8 Å². The third-order valence-corrected chi connectivity index (χ3v) is 14.2. The van der Waals surface area contributed by atoms with Crippen LogP contribution < -0.4 is 0 Å². The lowest BCUT2D eigenvalue weighted by Gasteiger charge is -2.31. The predicted octanol–water partition coefficient (Wildman–Crippen LogP) is 19.4. The highest BCUT2D eigenvalue weighted by Gasteiger charge is 2.36. The largest absolute Gasteiger partial charge is 0.289 e. The Morgan fingerprint density at radius 2 is 0.734 bits per heavy atom. The summed E-state index contributed by atoms with van der Waals surface area (Å²) >= 11 is 43.3. The maximum absolute atomic E-state index is 13.7. The normalized spacial score (nSPS) is 15.6. The molecule has 0 amide bonds. The van der Waals surface area contributed by atoms with Crippen LogP contribution in [0.2, 0.25) is 28.8 Å². The molecular formula is C50H48Cl6N4O2S2. The van der Waals surface area contributed by atoms with Gasteiger partial charge in [0.2, 0.25) is 0 Å². The third kappa shape index (κ3) is 11.0. The first-order valence-electron chi connectivity index (χ1n) is 20.3. The van der Waals surface area contributed by atoms with Gasteiger partial charge in [0, 0.05) is 44.6 Å². The van der Waals surface area contributed by atoms with Crippen LogP contribution in [0.3, 0.4) is 0 Å². The van der Waals surface area contributed by atoms with Crippen LogP contribution in [0.5, 0.6) is 0 Å². The van der Waals surface area contributed by atoms with E-state index in [-0.39, 0.29) is 21.6 Å². The molecule has 0 saturated carbocycles. The van der Waals surface area contributed by atoms with Gasteiger partial charge >= 0.3 is 0 Å². The zero-order valence-electron chi connectivity index (χ0n) is 37.6. The maximum Gasteiger partial charge on any atom is 0.186 e. The van der Waals surface area contributed by atoms with Crippen molar-refractivity contribution in [1.29, 1.82) is 0 Å². The standard InChI is InChI=1S/C50H48Cl6N4O2S2/c1-47(2,3)29-17-25(18-30(45(29)61)48(4,5)6)43(39-13-15-41(55)63-39)59-57-37-23-33(51)27(21-35(37)53)28-22-36(54)38(24-34(28)52)58-60-44(40-14-16-42(56)64-40)26-19-31(49(7,8)9)46(62)32(20-26)50(10,11)12/h13-24H,1-12H3/b59-57+,60-58+. The van der Waals surface area contributed by atoms with E-state index in [9.17, 15) is 9.59 Å². The summed E-state index contributed by atoms with van der Waals surface area (Å²) in [5.74, 6) is 0.0144. The van der Waals surface area contributed by atoms with Crippen molar-refractivity contribution in [3.05, 3.63) is 145 Å². The van der Waals surface area contributed by atoms with Crippen molar-refractivity contribution < 1.29 is 9.59 Å². The Bertz CT molecular complexity index is 2590. The molecule has 6 rings (SSSR count). The Morgan fingerprint density at radius 3 is 0.984 bits per heavy atom. The first kappa shape index (κ1) is 50.0. The quantitative estimate of drug-likeness (QED) is 0.173. The van der Waals surface area contributed by atoms with Gasteiger partial charge in [-0.1, -0.05) is 153 Å². The third-order valence-electron chi connectivity index (χ3n) is 10.4. The monoisotopic (exact) mass is 1010 g/mol. The molecule has 14 heteroatoms. The number of allylic oxidation sites excluding steroid dienone is 10. The number of azo groups is 2. The summed E-state index contributed by atoms with van der Waals surface area (Å²) in [5.41, 5.74) is 5.09. The second-order valence-corrected chi connectivity index (χ2v) is 24.7. The molecule has 0 bridgehead atoms. The fraction of sp³-hybridized carbons (Fsp3) is 0.320. The average Bonchev–Trinajstić information content (AvgIpc) is 3.80. The van der Waals surface area contributed by atoms with Crippen molar-refractivity contribution in [1.82, 2.24) is 0 Å². The molecule has 0 unspecified atom stereocenters. The molecule has 2 aliphatic carbocycles. The molecular weight excluding hydrogens is 965 g/mol. The number of hydrogen-bond donors (Lipinski definition) is 0. The topological polar surface area (TPSA) is 83.6 Å². The van der Waals surface area contributed by atoms with Gasteiger partial charge in [0.25, 0.3) is 0 Å². The predicted molar refractivity (Wildman–Crippen MR) is 274 cm³/mol. The molecule has 2 heterocycles. The second kappa shape index (κ2) is 18.7. The molecule has 64 heavy (non-hydrogen) atoms. The number of carbonyl (C=O) groups excluding carboxylic acids is 2. The molecule has 6 nitrogen and oxygen atoms in total. The molecule has 0 saturated heterocycles. The number of hydrogen-bond acceptors (Lipinski definition) is 8. The van der Waals surface area contributed by atoms with Gasteiger partial charge < -0.3 is 0 Å². The molecule has 4 aromatic rings. The van der Waals surface area contributed by atoms with E-state index in [1.807, 2.05) is 120 Å². The van der Waals surface area contributed by atoms with Gasteiger partial charge in [0.05, 0.1) is 38.5 Å². The number of halogens is 6. The number of benzene rings is 2. The molecule has 2 aromatic carbocycles. The van der Waals surface area contributed by atoms with Crippen molar-refractivity contribution in [2.24, 2.45) is 42.1 Å². The van der Waals surface area contributed by atoms with E-state index in [1.165, 1.54) is 22.7 Å². The summed E-state index contributed by atoms with van der Waals surface area (Å²) in [5, 5.41) is 19.8. The Kier molecular flexibility index (Phi) is 14.6. The number of ketones is 2. The van der Waals surface area contributed by atoms with Crippen LogP contribution in [-0.2, 0) is 9.59 Å². The molecule has 0 N–H and O–H groups in total. The van der Waals surface area contributed by atoms with Crippen LogP contribution in [0.15, 0.2) is 127 Å². The molecule has 0 aliphatic heterocycles. The van der Waals surface area contributed by atoms with Gasteiger partial charge in [-0.15, -0.1) is 43.1 Å². The first-order chi connectivity index (χ1) is 29.5. The lowest BCUT2D eigenvalue weighted by Crippen LogP contribution is -2.28. The van der Waals surface area contributed by atoms with Crippen LogP contribution in [-0.4, -0.2) is 11.6 Å². The van der Waals surface area contributed by atoms with Crippen molar-refractivity contribution in [2.75, 3.05) is 0 Å². The summed E-state index contributed by atoms with van der Waals surface area (Å²) in [6.07, 6.45) is 7.55. The molecule has 0 spiro atoms. The van der Waals surface area contributed by atoms with Gasteiger partial charge in [-0.3, -0.25) is 9.59 Å². The first-order valence-corrected chi connectivity index (χ1v) is 24.2. The van der Waals surface area contributed by atoms with Crippen LogP contribution in [0.1, 0.15) is 92.8 Å². The smallest absolute Gasteiger partial charge is 0.186 e. The van der Waals surface area contributed by atoms with Crippen LogP contribution >= 0.6 is 92.3 Å². The van der Waals surface area contributed by atoms with E-state index in [2.05, 4.69) is 10.2 Å². The van der Waals surface area contributed by atoms with E-state index in [1.54, 1.807) is 36.4 Å². The zero-order chi connectivity index (χ0) is 47.4. The molecule has 2 aromatic heterocycles. The lowest BCUT2D eigenvalue weighted by atomic mass is 9.71. The summed E-state index contributed by atoms with van der Waals surface area (Å²) in [7, 11) is 0. The van der Waals surface area contributed by atoms with Crippen molar-refractivity contribution in [2.45, 2.75) is 83.1 Å². The lowest BCUT2D eigenvalue weighted by molar-refractivity contribution is -0.114. The minimum absolute atomic E-state index is 0.00722. The molecule has 0 atom stereocenters. The fourth-order valence-corrected chi connectivity index (χ4v) is 10.0. The van der Waals surface area contributed by atoms with Crippen molar-refractivity contribution in [3.63, 3.8) is 0 Å². The highest BCUT2D eigenvalue weighted by molar-refractivity contribution is 7.17. The number of rotatable bonds is 7. The van der Waals surface area contributed by atoms with Crippen LogP contribution in [0.4, 0.5) is 11.4 Å². The minimum Gasteiger partial charge on any atom is -0.289 e. The summed E-state index contributed by atoms with van der Waals surface area (Å²) in [6.45, 7) is 24.2. The summed E-state index contributed by atoms with van der Waals surface area (Å²) in [4.78, 5) is 29.0. The zero-order valence-corrected chi connectivity index (χ0v) is 43.8. The Hall–Kier alpha value is -3.44.